The van der Waals surface area contributed by atoms with E-state index >= 15 is 0 Å². The summed E-state index contributed by atoms with van der Waals surface area (Å²) < 4.78 is 7.06. The Bertz CT molecular complexity index is 344. The molecule has 2 rings (SSSR count). The van der Waals surface area contributed by atoms with Crippen LogP contribution in [0.15, 0.2) is 24.3 Å². The molecule has 0 unspecified atom stereocenters. The number of benzene rings is 1. The summed E-state index contributed by atoms with van der Waals surface area (Å²) in [4.78, 5) is 2.41. The summed E-state index contributed by atoms with van der Waals surface area (Å²) in [7, 11) is 0. The van der Waals surface area contributed by atoms with Crippen molar-refractivity contribution in [2.75, 3.05) is 4.93 Å². The van der Waals surface area contributed by atoms with Crippen LogP contribution >= 0.6 is 0 Å². The van der Waals surface area contributed by atoms with Gasteiger partial charge in [-0.15, -0.1) is 0 Å². The molecule has 102 valence electrons. The van der Waals surface area contributed by atoms with Gasteiger partial charge in [0.1, 0.15) is 0 Å². The third-order valence-electron chi connectivity index (χ3n) is 3.66. The van der Waals surface area contributed by atoms with Crippen molar-refractivity contribution in [2.45, 2.75) is 48.9 Å². The number of hydrogen-bond donors (Lipinski definition) is 1. The first-order valence-corrected chi connectivity index (χ1v) is 10.1. The van der Waals surface area contributed by atoms with Crippen molar-refractivity contribution < 1.29 is 25.9 Å². The van der Waals surface area contributed by atoms with Gasteiger partial charge in [0.15, 0.2) is 0 Å². The Morgan fingerprint density at radius 1 is 1.11 bits per heavy atom. The van der Waals surface area contributed by atoms with Crippen LogP contribution in [0.4, 0.5) is 0 Å². The van der Waals surface area contributed by atoms with Gasteiger partial charge in [-0.2, -0.15) is 0 Å². The molecule has 0 radical (unpaired) electrons. The number of halogens is 1. The summed E-state index contributed by atoms with van der Waals surface area (Å²) >= 11 is 0.439. The van der Waals surface area contributed by atoms with Crippen molar-refractivity contribution in [3.05, 3.63) is 35.4 Å². The first kappa shape index (κ1) is 14.3. The van der Waals surface area contributed by atoms with Crippen LogP contribution < -0.4 is 26.9 Å². The first-order chi connectivity index (χ1) is 8.81. The number of rotatable bonds is 5. The summed E-state index contributed by atoms with van der Waals surface area (Å²) in [5, 5.41) is 0. The van der Waals surface area contributed by atoms with Crippen LogP contribution in [0, 0.1) is 0 Å². The molecule has 0 aromatic heterocycles. The van der Waals surface area contributed by atoms with Gasteiger partial charge in [-0.3, -0.25) is 0 Å². The normalized spacial score (nSPS) is 24.3. The summed E-state index contributed by atoms with van der Waals surface area (Å²) in [6, 6.07) is 8.45. The van der Waals surface area contributed by atoms with E-state index in [9.17, 15) is 0 Å². The molecule has 0 bridgehead atoms. The zero-order chi connectivity index (χ0) is 12.8. The van der Waals surface area contributed by atoms with E-state index in [1.54, 1.807) is 0 Å². The van der Waals surface area contributed by atoms with Crippen LogP contribution in [-0.4, -0.2) is 15.0 Å². The van der Waals surface area contributed by atoms with E-state index < -0.39 is 0 Å². The quantitative estimate of drug-likeness (QED) is 0.578. The van der Waals surface area contributed by atoms with E-state index in [4.69, 9.17) is 10.5 Å². The molecule has 0 spiro atoms. The molecule has 1 aromatic rings. The molecule has 3 heteroatoms. The molecular weight excluding hydrogens is 337 g/mol. The second-order valence-corrected chi connectivity index (χ2v) is 7.93. The molecule has 1 aliphatic rings. The van der Waals surface area contributed by atoms with Crippen molar-refractivity contribution in [3.8, 4) is 0 Å². The van der Waals surface area contributed by atoms with Crippen molar-refractivity contribution in [3.63, 3.8) is 0 Å². The minimum atomic E-state index is 0.439. The van der Waals surface area contributed by atoms with Crippen molar-refractivity contribution in [2.24, 2.45) is 5.73 Å². The van der Waals surface area contributed by atoms with Gasteiger partial charge in [0.2, 0.25) is 0 Å². The van der Waals surface area contributed by atoms with E-state index in [-0.39, 0.29) is 0 Å². The van der Waals surface area contributed by atoms with Crippen molar-refractivity contribution >= 4 is 0 Å². The number of nitrogens with two attached hydrogens (primary N) is 1. The van der Waals surface area contributed by atoms with Crippen molar-refractivity contribution in [1.29, 1.82) is 0 Å². The molecule has 1 fully saturated rings. The molecule has 1 saturated carbocycles. The molecule has 1 aliphatic carbocycles. The summed E-state index contributed by atoms with van der Waals surface area (Å²) in [6.45, 7) is 1.37. The van der Waals surface area contributed by atoms with Crippen molar-refractivity contribution in [1.82, 2.24) is 0 Å². The predicted octanol–water partition coefficient (Wildman–Crippen LogP) is -0.308. The van der Waals surface area contributed by atoms with Crippen LogP contribution in [0.25, 0.3) is 0 Å². The molecule has 0 amide bonds. The topological polar surface area (TPSA) is 35.2 Å². The Labute approximate surface area is 121 Å². The number of ether oxygens (including phenoxy) is 1. The van der Waals surface area contributed by atoms with Gasteiger partial charge in [-0.25, -0.2) is 0 Å². The zero-order valence-electron chi connectivity index (χ0n) is 11.1. The number of alkyl halides is 2. The Morgan fingerprint density at radius 3 is 2.28 bits per heavy atom. The van der Waals surface area contributed by atoms with E-state index in [1.807, 2.05) is 0 Å². The molecular formula is C15H23INO-. The Kier molecular flexibility index (Phi) is 5.92. The van der Waals surface area contributed by atoms with Crippen LogP contribution in [-0.2, 0) is 17.9 Å². The van der Waals surface area contributed by atoms with E-state index in [2.05, 4.69) is 29.2 Å². The van der Waals surface area contributed by atoms with Gasteiger partial charge in [0, 0.05) is 0 Å². The Balaban J connectivity index is 1.74. The maximum atomic E-state index is 6.02. The molecule has 0 heterocycles. The Hall–Kier alpha value is -0.130. The fourth-order valence-corrected chi connectivity index (χ4v) is 4.36. The summed E-state index contributed by atoms with van der Waals surface area (Å²) in [5.41, 5.74) is 8.04. The zero-order valence-corrected chi connectivity index (χ0v) is 13.2. The van der Waals surface area contributed by atoms with Crippen LogP contribution in [0.5, 0.6) is 0 Å². The predicted molar refractivity (Wildman–Crippen MR) is 71.1 cm³/mol. The summed E-state index contributed by atoms with van der Waals surface area (Å²) in [5.74, 6) is 0. The van der Waals surface area contributed by atoms with Gasteiger partial charge in [-0.05, 0) is 0 Å². The van der Waals surface area contributed by atoms with Gasteiger partial charge in [-0.1, -0.05) is 0 Å². The Morgan fingerprint density at radius 2 is 1.72 bits per heavy atom. The molecule has 0 aliphatic heterocycles. The van der Waals surface area contributed by atoms with Gasteiger partial charge >= 0.3 is 121 Å². The first-order valence-electron chi connectivity index (χ1n) is 6.69. The van der Waals surface area contributed by atoms with E-state index in [1.165, 1.54) is 36.8 Å². The third kappa shape index (κ3) is 4.21. The standard InChI is InChI=1S/C15H23INO/c1-16-14-6-8-15(9-7-14)18-11-13-4-2-12(10-17)3-5-13/h2-5,14-15H,6-11,17H2,1H3/q-1. The SMILES string of the molecule is C[I-]C1CCC(OCc2ccc(CN)cc2)CC1. The van der Waals surface area contributed by atoms with E-state index in [0.717, 1.165) is 10.5 Å². The monoisotopic (exact) mass is 360 g/mol. The fraction of sp³-hybridized carbons (Fsp3) is 0.600. The van der Waals surface area contributed by atoms with Crippen LogP contribution in [0.3, 0.4) is 0 Å². The van der Waals surface area contributed by atoms with E-state index in [0.29, 0.717) is 33.9 Å². The molecule has 1 aromatic carbocycles. The van der Waals surface area contributed by atoms with Gasteiger partial charge in [0.25, 0.3) is 0 Å². The molecule has 2 nitrogen and oxygen atoms in total. The minimum absolute atomic E-state index is 0.439. The van der Waals surface area contributed by atoms with Gasteiger partial charge in [0.05, 0.1) is 0 Å². The maximum absolute atomic E-state index is 6.02. The second-order valence-electron chi connectivity index (χ2n) is 4.92. The molecule has 0 saturated heterocycles. The second kappa shape index (κ2) is 7.46. The average molecular weight is 360 g/mol. The number of hydrogen-bond acceptors (Lipinski definition) is 2. The van der Waals surface area contributed by atoms with Crippen LogP contribution in [0.1, 0.15) is 36.8 Å². The van der Waals surface area contributed by atoms with Gasteiger partial charge < -0.3 is 0 Å². The third-order valence-corrected chi connectivity index (χ3v) is 6.66. The van der Waals surface area contributed by atoms with Crippen LogP contribution in [0.2, 0.25) is 0 Å². The summed E-state index contributed by atoms with van der Waals surface area (Å²) in [6.07, 6.45) is 5.80. The molecule has 0 atom stereocenters. The fourth-order valence-electron chi connectivity index (χ4n) is 2.39. The average Bonchev–Trinajstić information content (AvgIpc) is 2.46. The molecule has 2 N–H and O–H groups in total. The molecule has 18 heavy (non-hydrogen) atoms.